The van der Waals surface area contributed by atoms with Crippen LogP contribution in [-0.2, 0) is 9.90 Å². The van der Waals surface area contributed by atoms with Gasteiger partial charge in [-0.1, -0.05) is 0 Å². The second-order valence-corrected chi connectivity index (χ2v) is 1.99. The van der Waals surface area contributed by atoms with Crippen molar-refractivity contribution < 1.29 is 9.90 Å². The van der Waals surface area contributed by atoms with E-state index < -0.39 is 6.61 Å². The third-order valence-corrected chi connectivity index (χ3v) is 1.07. The summed E-state index contributed by atoms with van der Waals surface area (Å²) in [6, 6.07) is 0.330. The predicted octanol–water partition coefficient (Wildman–Crippen LogP) is -0.305. The Hall–Kier alpha value is -0.570. The third kappa shape index (κ3) is 1.50. The van der Waals surface area contributed by atoms with E-state index in [1.807, 2.05) is 0 Å². The lowest BCUT2D eigenvalue weighted by atomic mass is 10.6. The summed E-state index contributed by atoms with van der Waals surface area (Å²) in [4.78, 5) is 10.2. The van der Waals surface area contributed by atoms with Crippen molar-refractivity contribution >= 4 is 5.91 Å². The molecular weight excluding hydrogens is 106 g/mol. The molecule has 1 aliphatic carbocycles. The first-order valence-electron chi connectivity index (χ1n) is 2.70. The fraction of sp³-hybridized carbons (Fsp3) is 0.800. The Balaban J connectivity index is 2.07. The number of rotatable bonds is 2. The summed E-state index contributed by atoms with van der Waals surface area (Å²) in [5.41, 5.74) is 0. The molecule has 0 saturated heterocycles. The van der Waals surface area contributed by atoms with Crippen molar-refractivity contribution in [2.24, 2.45) is 0 Å². The van der Waals surface area contributed by atoms with Gasteiger partial charge >= 0.3 is 0 Å². The highest BCUT2D eigenvalue weighted by Gasteiger charge is 2.22. The van der Waals surface area contributed by atoms with Crippen molar-refractivity contribution in [2.45, 2.75) is 18.9 Å². The molecule has 45 valence electrons. The van der Waals surface area contributed by atoms with Gasteiger partial charge < -0.3 is 5.32 Å². The maximum Gasteiger partial charge on any atom is 0.249 e. The molecule has 1 rings (SSSR count). The summed E-state index contributed by atoms with van der Waals surface area (Å²) in [5.74, 6) is -0.368. The van der Waals surface area contributed by atoms with Crippen LogP contribution >= 0.6 is 0 Å². The van der Waals surface area contributed by atoms with Crippen LogP contribution in [0.2, 0.25) is 0 Å². The number of hydrogen-bond donors (Lipinski definition) is 1. The van der Waals surface area contributed by atoms with E-state index in [9.17, 15) is 9.90 Å². The second kappa shape index (κ2) is 2.13. The first kappa shape index (κ1) is 5.56. The largest absolute Gasteiger partial charge is 0.351 e. The maximum absolute atomic E-state index is 10.2. The Kier molecular flexibility index (Phi) is 1.48. The molecule has 3 nitrogen and oxygen atoms in total. The van der Waals surface area contributed by atoms with E-state index in [1.165, 1.54) is 0 Å². The summed E-state index contributed by atoms with van der Waals surface area (Å²) in [7, 11) is 0. The van der Waals surface area contributed by atoms with Crippen LogP contribution in [0.4, 0.5) is 0 Å². The van der Waals surface area contributed by atoms with Crippen LogP contribution in [0.25, 0.3) is 0 Å². The van der Waals surface area contributed by atoms with Crippen molar-refractivity contribution in [3.05, 3.63) is 0 Å². The molecule has 1 aliphatic rings. The van der Waals surface area contributed by atoms with Crippen molar-refractivity contribution in [1.82, 2.24) is 5.32 Å². The molecule has 0 unspecified atom stereocenters. The van der Waals surface area contributed by atoms with Gasteiger partial charge in [-0.3, -0.25) is 4.79 Å². The number of amides is 1. The standard InChI is InChI=1S/C5H8NO2/c7-3-5(8)6-4-1-2-4/h4H,1-3H2,(H,6,8). The molecule has 1 N–H and O–H groups in total. The van der Waals surface area contributed by atoms with Gasteiger partial charge in [-0.15, -0.1) is 0 Å². The number of carbonyl (C=O) groups excluding carboxylic acids is 1. The molecule has 8 heavy (non-hydrogen) atoms. The van der Waals surface area contributed by atoms with Gasteiger partial charge in [0, 0.05) is 6.04 Å². The average molecular weight is 114 g/mol. The molecule has 0 heterocycles. The highest BCUT2D eigenvalue weighted by atomic mass is 16.3. The molecule has 1 saturated carbocycles. The second-order valence-electron chi connectivity index (χ2n) is 1.99. The first-order valence-corrected chi connectivity index (χ1v) is 2.70. The Morgan fingerprint density at radius 1 is 1.62 bits per heavy atom. The third-order valence-electron chi connectivity index (χ3n) is 1.07. The van der Waals surface area contributed by atoms with E-state index >= 15 is 0 Å². The number of nitrogens with one attached hydrogen (secondary N) is 1. The molecule has 0 aliphatic heterocycles. The molecule has 0 aromatic heterocycles. The molecule has 0 atom stereocenters. The van der Waals surface area contributed by atoms with E-state index in [2.05, 4.69) is 5.32 Å². The Morgan fingerprint density at radius 3 is 2.62 bits per heavy atom. The van der Waals surface area contributed by atoms with Crippen LogP contribution in [0, 0.1) is 0 Å². The van der Waals surface area contributed by atoms with Crippen molar-refractivity contribution in [1.29, 1.82) is 0 Å². The van der Waals surface area contributed by atoms with E-state index in [1.54, 1.807) is 0 Å². The summed E-state index contributed by atoms with van der Waals surface area (Å²) >= 11 is 0. The van der Waals surface area contributed by atoms with E-state index in [0.29, 0.717) is 6.04 Å². The maximum atomic E-state index is 10.2. The highest BCUT2D eigenvalue weighted by Crippen LogP contribution is 2.17. The van der Waals surface area contributed by atoms with Gasteiger partial charge in [0.2, 0.25) is 5.91 Å². The monoisotopic (exact) mass is 114 g/mol. The molecule has 0 bridgehead atoms. The van der Waals surface area contributed by atoms with Gasteiger partial charge in [-0.2, -0.15) is 0 Å². The van der Waals surface area contributed by atoms with Crippen molar-refractivity contribution in [3.8, 4) is 0 Å². The van der Waals surface area contributed by atoms with Crippen LogP contribution in [-0.4, -0.2) is 18.6 Å². The smallest absolute Gasteiger partial charge is 0.249 e. The van der Waals surface area contributed by atoms with Crippen LogP contribution in [0.1, 0.15) is 12.8 Å². The lowest BCUT2D eigenvalue weighted by molar-refractivity contribution is -0.125. The number of hydrogen-bond acceptors (Lipinski definition) is 1. The summed E-state index contributed by atoms with van der Waals surface area (Å²) < 4.78 is 0. The molecule has 1 amide bonds. The molecule has 1 radical (unpaired) electrons. The quantitative estimate of drug-likeness (QED) is 0.526. The average Bonchev–Trinajstić information content (AvgIpc) is 2.50. The van der Waals surface area contributed by atoms with Gasteiger partial charge in [0.25, 0.3) is 0 Å². The van der Waals surface area contributed by atoms with Crippen LogP contribution < -0.4 is 5.32 Å². The van der Waals surface area contributed by atoms with Gasteiger partial charge in [0.15, 0.2) is 6.61 Å². The van der Waals surface area contributed by atoms with Crippen LogP contribution in [0.15, 0.2) is 0 Å². The van der Waals surface area contributed by atoms with E-state index in [0.717, 1.165) is 12.8 Å². The van der Waals surface area contributed by atoms with Gasteiger partial charge in [0.05, 0.1) is 0 Å². The fourth-order valence-corrected chi connectivity index (χ4v) is 0.497. The summed E-state index contributed by atoms with van der Waals surface area (Å²) in [6.07, 6.45) is 2.09. The van der Waals surface area contributed by atoms with Gasteiger partial charge in [-0.05, 0) is 12.8 Å². The van der Waals surface area contributed by atoms with Crippen molar-refractivity contribution in [2.75, 3.05) is 6.61 Å². The van der Waals surface area contributed by atoms with E-state index in [-0.39, 0.29) is 5.91 Å². The minimum absolute atomic E-state index is 0.330. The Morgan fingerprint density at radius 2 is 2.25 bits per heavy atom. The lowest BCUT2D eigenvalue weighted by Gasteiger charge is -1.94. The molecule has 0 aromatic carbocycles. The van der Waals surface area contributed by atoms with Crippen LogP contribution in [0.5, 0.6) is 0 Å². The normalized spacial score (nSPS) is 18.1. The molecule has 0 aromatic rings. The first-order chi connectivity index (χ1) is 3.83. The topological polar surface area (TPSA) is 49.0 Å². The highest BCUT2D eigenvalue weighted by molar-refractivity contribution is 5.77. The van der Waals surface area contributed by atoms with Crippen LogP contribution in [0.3, 0.4) is 0 Å². The molecule has 1 fully saturated rings. The predicted molar refractivity (Wildman–Crippen MR) is 26.7 cm³/mol. The van der Waals surface area contributed by atoms with E-state index in [4.69, 9.17) is 0 Å². The SMILES string of the molecule is [O]CC(=O)NC1CC1. The van der Waals surface area contributed by atoms with Gasteiger partial charge in [0.1, 0.15) is 0 Å². The summed E-state index contributed by atoms with van der Waals surface area (Å²) in [5, 5.41) is 12.3. The Labute approximate surface area is 47.7 Å². The van der Waals surface area contributed by atoms with Gasteiger partial charge in [-0.25, -0.2) is 5.11 Å². The number of carbonyl (C=O) groups is 1. The molecular formula is C5H8NO2. The lowest BCUT2D eigenvalue weighted by Crippen LogP contribution is -2.27. The minimum atomic E-state index is -0.628. The fourth-order valence-electron chi connectivity index (χ4n) is 0.497. The zero-order valence-corrected chi connectivity index (χ0v) is 4.52. The molecule has 0 spiro atoms. The Bertz CT molecular complexity index is 98.6. The summed E-state index contributed by atoms with van der Waals surface area (Å²) in [6.45, 7) is -0.628. The zero-order valence-electron chi connectivity index (χ0n) is 4.52. The molecule has 3 heteroatoms. The minimum Gasteiger partial charge on any atom is -0.351 e. The van der Waals surface area contributed by atoms with Crippen molar-refractivity contribution in [3.63, 3.8) is 0 Å². The zero-order chi connectivity index (χ0) is 5.98.